The van der Waals surface area contributed by atoms with Crippen LogP contribution in [0.25, 0.3) is 10.8 Å². The maximum absolute atomic E-state index is 12.4. The predicted molar refractivity (Wildman–Crippen MR) is 138 cm³/mol. The summed E-state index contributed by atoms with van der Waals surface area (Å²) < 4.78 is 12.7. The Balaban J connectivity index is 1.38. The Bertz CT molecular complexity index is 1370. The number of amides is 1. The molecule has 1 amide bonds. The fourth-order valence-electron chi connectivity index (χ4n) is 3.12. The van der Waals surface area contributed by atoms with E-state index in [0.717, 1.165) is 19.7 Å². The molecule has 0 aliphatic rings. The molecule has 4 rings (SSSR count). The molecule has 0 aromatic heterocycles. The topological polar surface area (TPSA) is 77.0 Å². The zero-order valence-electron chi connectivity index (χ0n) is 17.7. The molecule has 6 nitrogen and oxygen atoms in total. The Hall–Kier alpha value is -3.49. The van der Waals surface area contributed by atoms with Crippen LogP contribution in [0.3, 0.4) is 0 Å². The number of halogens is 2. The van der Waals surface area contributed by atoms with Gasteiger partial charge in [0.2, 0.25) is 0 Å². The molecule has 4 aromatic rings. The van der Waals surface area contributed by atoms with Crippen molar-refractivity contribution in [2.75, 3.05) is 6.61 Å². The second kappa shape index (κ2) is 11.1. The molecule has 4 aromatic carbocycles. The molecule has 0 aliphatic heterocycles. The van der Waals surface area contributed by atoms with Crippen molar-refractivity contribution in [3.8, 4) is 11.5 Å². The highest BCUT2D eigenvalue weighted by Gasteiger charge is 2.12. The molecule has 0 heterocycles. The number of nitrogens with one attached hydrogen (secondary N) is 1. The monoisotopic (exact) mass is 580 g/mol. The minimum atomic E-state index is -0.490. The van der Waals surface area contributed by atoms with Gasteiger partial charge in [0.25, 0.3) is 5.91 Å². The van der Waals surface area contributed by atoms with Crippen LogP contribution in [0.5, 0.6) is 11.5 Å². The van der Waals surface area contributed by atoms with Crippen LogP contribution in [0.2, 0.25) is 0 Å². The molecular weight excluding hydrogens is 564 g/mol. The number of benzene rings is 4. The molecule has 0 unspecified atom stereocenters. The summed E-state index contributed by atoms with van der Waals surface area (Å²) in [5, 5.41) is 6.03. The first-order chi connectivity index (χ1) is 16.5. The number of fused-ring (bicyclic) bond motifs is 1. The molecule has 170 valence electrons. The number of esters is 1. The van der Waals surface area contributed by atoms with Crippen molar-refractivity contribution in [2.45, 2.75) is 0 Å². The van der Waals surface area contributed by atoms with Gasteiger partial charge in [0.1, 0.15) is 11.5 Å². The minimum Gasteiger partial charge on any atom is -0.483 e. The number of hydrogen-bond donors (Lipinski definition) is 1. The Kier molecular flexibility index (Phi) is 7.72. The third-order valence-electron chi connectivity index (χ3n) is 4.76. The average Bonchev–Trinajstić information content (AvgIpc) is 2.86. The van der Waals surface area contributed by atoms with E-state index < -0.39 is 11.9 Å². The number of carbonyl (C=O) groups excluding carboxylic acids is 2. The van der Waals surface area contributed by atoms with Gasteiger partial charge < -0.3 is 9.47 Å². The van der Waals surface area contributed by atoms with E-state index in [1.54, 1.807) is 48.5 Å². The first kappa shape index (κ1) is 23.7. The molecule has 1 N–H and O–H groups in total. The summed E-state index contributed by atoms with van der Waals surface area (Å²) in [6, 6.07) is 25.4. The van der Waals surface area contributed by atoms with Crippen LogP contribution in [0.15, 0.2) is 99.0 Å². The number of hydrogen-bond acceptors (Lipinski definition) is 5. The number of nitrogens with zero attached hydrogens (tertiary/aromatic N) is 1. The molecule has 0 saturated heterocycles. The second-order valence-electron chi connectivity index (χ2n) is 7.12. The van der Waals surface area contributed by atoms with Crippen LogP contribution < -0.4 is 14.9 Å². The van der Waals surface area contributed by atoms with Crippen LogP contribution >= 0.6 is 31.9 Å². The van der Waals surface area contributed by atoms with E-state index in [9.17, 15) is 9.59 Å². The summed E-state index contributed by atoms with van der Waals surface area (Å²) in [6.45, 7) is -0.220. The van der Waals surface area contributed by atoms with Crippen LogP contribution in [-0.2, 0) is 4.79 Å². The highest BCUT2D eigenvalue weighted by molar-refractivity contribution is 9.11. The van der Waals surface area contributed by atoms with Gasteiger partial charge in [0.05, 0.1) is 16.3 Å². The molecule has 0 aliphatic carbocycles. The number of hydrazone groups is 1. The van der Waals surface area contributed by atoms with Gasteiger partial charge in [0, 0.05) is 10.0 Å². The van der Waals surface area contributed by atoms with Crippen LogP contribution in [-0.4, -0.2) is 24.7 Å². The summed E-state index contributed by atoms with van der Waals surface area (Å²) in [4.78, 5) is 24.6. The van der Waals surface area contributed by atoms with E-state index in [-0.39, 0.29) is 6.61 Å². The highest BCUT2D eigenvalue weighted by Crippen LogP contribution is 2.33. The Labute approximate surface area is 212 Å². The lowest BCUT2D eigenvalue weighted by Crippen LogP contribution is -2.24. The second-order valence-corrected chi connectivity index (χ2v) is 8.83. The lowest BCUT2D eigenvalue weighted by atomic mass is 10.1. The zero-order chi connectivity index (χ0) is 23.9. The molecule has 0 fully saturated rings. The maximum atomic E-state index is 12.4. The van der Waals surface area contributed by atoms with Crippen molar-refractivity contribution in [1.82, 2.24) is 5.43 Å². The van der Waals surface area contributed by atoms with Crippen molar-refractivity contribution < 1.29 is 19.1 Å². The maximum Gasteiger partial charge on any atom is 0.343 e. The molecule has 34 heavy (non-hydrogen) atoms. The molecule has 0 radical (unpaired) electrons. The van der Waals surface area contributed by atoms with E-state index in [0.29, 0.717) is 22.6 Å². The van der Waals surface area contributed by atoms with E-state index in [2.05, 4.69) is 42.4 Å². The predicted octanol–water partition coefficient (Wildman–Crippen LogP) is 6.11. The van der Waals surface area contributed by atoms with Crippen molar-refractivity contribution >= 4 is 60.7 Å². The van der Waals surface area contributed by atoms with E-state index in [4.69, 9.17) is 9.47 Å². The first-order valence-electron chi connectivity index (χ1n) is 10.2. The normalized spacial score (nSPS) is 10.9. The Morgan fingerprint density at radius 3 is 2.44 bits per heavy atom. The standard InChI is InChI=1S/C26H18Br2N2O4/c27-20-11-13-22(34-26(32)18-7-2-1-3-8-18)19(14-20)15-29-30-24(31)16-33-23-12-10-17-6-4-5-9-21(17)25(23)28/h1-15H,16H2,(H,30,31)/b29-15-. The van der Waals surface area contributed by atoms with E-state index >= 15 is 0 Å². The van der Waals surface area contributed by atoms with Crippen LogP contribution in [0.4, 0.5) is 0 Å². The van der Waals surface area contributed by atoms with Crippen molar-refractivity contribution in [1.29, 1.82) is 0 Å². The molecule has 0 spiro atoms. The third kappa shape index (κ3) is 5.89. The lowest BCUT2D eigenvalue weighted by Gasteiger charge is -2.10. The fourth-order valence-corrected chi connectivity index (χ4v) is 4.11. The van der Waals surface area contributed by atoms with Gasteiger partial charge in [-0.05, 0) is 63.1 Å². The lowest BCUT2D eigenvalue weighted by molar-refractivity contribution is -0.123. The average molecular weight is 582 g/mol. The van der Waals surface area contributed by atoms with E-state index in [1.165, 1.54) is 6.21 Å². The number of carbonyl (C=O) groups is 2. The smallest absolute Gasteiger partial charge is 0.343 e. The number of ether oxygens (including phenoxy) is 2. The number of rotatable bonds is 7. The minimum absolute atomic E-state index is 0.220. The summed E-state index contributed by atoms with van der Waals surface area (Å²) >= 11 is 6.92. The molecule has 0 atom stereocenters. The molecular formula is C26H18Br2N2O4. The Morgan fingerprint density at radius 2 is 1.62 bits per heavy atom. The first-order valence-corrected chi connectivity index (χ1v) is 11.8. The molecule has 8 heteroatoms. The summed E-state index contributed by atoms with van der Waals surface area (Å²) in [7, 11) is 0. The fraction of sp³-hybridized carbons (Fsp3) is 0.0385. The Morgan fingerprint density at radius 1 is 0.882 bits per heavy atom. The largest absolute Gasteiger partial charge is 0.483 e. The van der Waals surface area contributed by atoms with Crippen LogP contribution in [0.1, 0.15) is 15.9 Å². The SMILES string of the molecule is O=C(COc1ccc2ccccc2c1Br)N/N=C\c1cc(Br)ccc1OC(=O)c1ccccc1. The van der Waals surface area contributed by atoms with Gasteiger partial charge in [-0.25, -0.2) is 10.2 Å². The van der Waals surface area contributed by atoms with E-state index in [1.807, 2.05) is 36.4 Å². The van der Waals surface area contributed by atoms with Gasteiger partial charge >= 0.3 is 5.97 Å². The summed E-state index contributed by atoms with van der Waals surface area (Å²) in [5.74, 6) is -0.0589. The quantitative estimate of drug-likeness (QED) is 0.124. The van der Waals surface area contributed by atoms with Gasteiger partial charge in [-0.3, -0.25) is 4.79 Å². The zero-order valence-corrected chi connectivity index (χ0v) is 20.9. The molecule has 0 bridgehead atoms. The summed E-state index contributed by atoms with van der Waals surface area (Å²) in [6.07, 6.45) is 1.40. The van der Waals surface area contributed by atoms with Crippen molar-refractivity contribution in [2.24, 2.45) is 5.10 Å². The highest BCUT2D eigenvalue weighted by atomic mass is 79.9. The van der Waals surface area contributed by atoms with Gasteiger partial charge in [-0.15, -0.1) is 0 Å². The van der Waals surface area contributed by atoms with Crippen molar-refractivity contribution in [3.63, 3.8) is 0 Å². The van der Waals surface area contributed by atoms with Crippen molar-refractivity contribution in [3.05, 3.63) is 105 Å². The summed E-state index contributed by atoms with van der Waals surface area (Å²) in [5.41, 5.74) is 3.36. The third-order valence-corrected chi connectivity index (χ3v) is 6.07. The van der Waals surface area contributed by atoms with Gasteiger partial charge in [-0.2, -0.15) is 5.10 Å². The van der Waals surface area contributed by atoms with Gasteiger partial charge in [0.15, 0.2) is 6.61 Å². The molecule has 0 saturated carbocycles. The van der Waals surface area contributed by atoms with Gasteiger partial charge in [-0.1, -0.05) is 64.5 Å². The van der Waals surface area contributed by atoms with Crippen LogP contribution in [0, 0.1) is 0 Å².